The molecule has 4 heterocycles. The van der Waals surface area contributed by atoms with Gasteiger partial charge in [-0.1, -0.05) is 11.6 Å². The molecule has 3 atom stereocenters. The topological polar surface area (TPSA) is 70.8 Å². The molecule has 0 aliphatic carbocycles. The third-order valence-corrected chi connectivity index (χ3v) is 3.79. The van der Waals surface area contributed by atoms with Crippen LogP contribution in [0.1, 0.15) is 25.8 Å². The highest BCUT2D eigenvalue weighted by Gasteiger charge is 2.52. The summed E-state index contributed by atoms with van der Waals surface area (Å²) in [6.45, 7) is 4.27. The van der Waals surface area contributed by atoms with Crippen LogP contribution in [0.25, 0.3) is 5.65 Å². The first-order valence-electron chi connectivity index (χ1n) is 6.37. The van der Waals surface area contributed by atoms with Gasteiger partial charge in [-0.15, -0.1) is 10.2 Å². The molecule has 0 N–H and O–H groups in total. The molecule has 20 heavy (non-hydrogen) atoms. The fourth-order valence-corrected chi connectivity index (χ4v) is 2.96. The second kappa shape index (κ2) is 4.11. The number of nitrogens with zero attached hydrogens (tertiary/aromatic N) is 4. The molecule has 0 aromatic carbocycles. The first-order valence-corrected chi connectivity index (χ1v) is 6.75. The highest BCUT2D eigenvalue weighted by Crippen LogP contribution is 2.41. The van der Waals surface area contributed by atoms with Gasteiger partial charge in [0.15, 0.2) is 22.4 Å². The van der Waals surface area contributed by atoms with Crippen molar-refractivity contribution in [3.8, 4) is 0 Å². The molecule has 7 nitrogen and oxygen atoms in total. The van der Waals surface area contributed by atoms with E-state index in [0.29, 0.717) is 23.2 Å². The Balaban J connectivity index is 1.75. The Bertz CT molecular complexity index is 674. The smallest absolute Gasteiger partial charge is 0.198 e. The minimum absolute atomic E-state index is 0.0836. The molecule has 8 heteroatoms. The average molecular weight is 297 g/mol. The fraction of sp³-hybridized carbons (Fsp3) is 0.583. The Morgan fingerprint density at radius 1 is 1.35 bits per heavy atom. The molecule has 0 bridgehead atoms. The number of fused-ring (bicyclic) bond motifs is 2. The zero-order valence-electron chi connectivity index (χ0n) is 11.0. The Kier molecular flexibility index (Phi) is 2.56. The van der Waals surface area contributed by atoms with Crippen LogP contribution in [0.5, 0.6) is 0 Å². The predicted octanol–water partition coefficient (Wildman–Crippen LogP) is 1.37. The van der Waals surface area contributed by atoms with E-state index in [1.165, 1.54) is 0 Å². The number of ether oxygens (including phenoxy) is 3. The van der Waals surface area contributed by atoms with Crippen LogP contribution in [-0.4, -0.2) is 44.2 Å². The number of hydrogen-bond acceptors (Lipinski definition) is 6. The van der Waals surface area contributed by atoms with Gasteiger partial charge in [-0.25, -0.2) is 4.98 Å². The predicted molar refractivity (Wildman–Crippen MR) is 68.3 cm³/mol. The third kappa shape index (κ3) is 1.74. The summed E-state index contributed by atoms with van der Waals surface area (Å²) in [4.78, 5) is 3.98. The van der Waals surface area contributed by atoms with Crippen LogP contribution in [0, 0.1) is 0 Å². The first kappa shape index (κ1) is 12.5. The van der Waals surface area contributed by atoms with E-state index in [0.717, 1.165) is 0 Å². The second-order valence-corrected chi connectivity index (χ2v) is 5.72. The van der Waals surface area contributed by atoms with E-state index in [-0.39, 0.29) is 18.3 Å². The molecule has 2 aliphatic heterocycles. The lowest BCUT2D eigenvalue weighted by molar-refractivity contribution is -0.176. The van der Waals surface area contributed by atoms with Crippen molar-refractivity contribution in [2.24, 2.45) is 0 Å². The lowest BCUT2D eigenvalue weighted by Gasteiger charge is -2.20. The van der Waals surface area contributed by atoms with Crippen LogP contribution >= 0.6 is 11.6 Å². The van der Waals surface area contributed by atoms with Gasteiger partial charge in [-0.2, -0.15) is 0 Å². The molecule has 0 radical (unpaired) electrons. The molecule has 2 unspecified atom stereocenters. The quantitative estimate of drug-likeness (QED) is 0.791. The SMILES string of the molecule is CC1(C)OC2CO[C@@H](c3nnc4c(Cl)nccn34)C2O1. The van der Waals surface area contributed by atoms with Crippen LogP contribution in [0.2, 0.25) is 5.15 Å². The Labute approximate surface area is 119 Å². The molecule has 2 aromatic rings. The van der Waals surface area contributed by atoms with Crippen molar-refractivity contribution >= 4 is 17.2 Å². The summed E-state index contributed by atoms with van der Waals surface area (Å²) < 4.78 is 19.2. The maximum Gasteiger partial charge on any atom is 0.198 e. The molecule has 0 saturated carbocycles. The fourth-order valence-electron chi connectivity index (χ4n) is 2.77. The minimum Gasteiger partial charge on any atom is -0.365 e. The van der Waals surface area contributed by atoms with Crippen molar-refractivity contribution in [3.63, 3.8) is 0 Å². The molecular formula is C12H13ClN4O3. The molecule has 0 spiro atoms. The van der Waals surface area contributed by atoms with Crippen LogP contribution < -0.4 is 0 Å². The molecule has 2 saturated heterocycles. The van der Waals surface area contributed by atoms with Gasteiger partial charge in [0.1, 0.15) is 18.3 Å². The Hall–Kier alpha value is -1.28. The van der Waals surface area contributed by atoms with Gasteiger partial charge in [0.25, 0.3) is 0 Å². The standard InChI is InChI=1S/C12H13ClN4O3/c1-12(2)19-6-5-18-8(7(6)20-12)10-15-16-11-9(13)14-3-4-17(10)11/h3-4,6-8H,5H2,1-2H3/t6?,7?,8-/m1/s1. The molecule has 4 rings (SSSR count). The molecule has 106 valence electrons. The summed E-state index contributed by atoms with van der Waals surface area (Å²) in [5, 5.41) is 8.54. The van der Waals surface area contributed by atoms with Crippen molar-refractivity contribution in [1.29, 1.82) is 0 Å². The highest BCUT2D eigenvalue weighted by molar-refractivity contribution is 6.32. The summed E-state index contributed by atoms with van der Waals surface area (Å²) in [7, 11) is 0. The maximum atomic E-state index is 6.00. The second-order valence-electron chi connectivity index (χ2n) is 5.36. The summed E-state index contributed by atoms with van der Waals surface area (Å²) in [6, 6.07) is 0. The first-order chi connectivity index (χ1) is 9.55. The van der Waals surface area contributed by atoms with E-state index < -0.39 is 5.79 Å². The van der Waals surface area contributed by atoms with Crippen molar-refractivity contribution in [2.75, 3.05) is 6.61 Å². The summed E-state index contributed by atoms with van der Waals surface area (Å²) >= 11 is 6.00. The van der Waals surface area contributed by atoms with E-state index in [2.05, 4.69) is 15.2 Å². The zero-order chi connectivity index (χ0) is 13.9. The minimum atomic E-state index is -0.600. The molecule has 2 aromatic heterocycles. The molecular weight excluding hydrogens is 284 g/mol. The number of halogens is 1. The van der Waals surface area contributed by atoms with E-state index in [1.807, 2.05) is 13.8 Å². The van der Waals surface area contributed by atoms with Crippen LogP contribution in [0.4, 0.5) is 0 Å². The van der Waals surface area contributed by atoms with Gasteiger partial charge in [-0.05, 0) is 13.8 Å². The van der Waals surface area contributed by atoms with Gasteiger partial charge in [0, 0.05) is 12.4 Å². The highest BCUT2D eigenvalue weighted by atomic mass is 35.5. The lowest BCUT2D eigenvalue weighted by Crippen LogP contribution is -2.25. The van der Waals surface area contributed by atoms with Gasteiger partial charge < -0.3 is 14.2 Å². The average Bonchev–Trinajstić information content (AvgIpc) is 3.01. The summed E-state index contributed by atoms with van der Waals surface area (Å²) in [5.74, 6) is 0.0509. The monoisotopic (exact) mass is 296 g/mol. The van der Waals surface area contributed by atoms with Crippen LogP contribution in [-0.2, 0) is 14.2 Å². The zero-order valence-corrected chi connectivity index (χ0v) is 11.7. The third-order valence-electron chi connectivity index (χ3n) is 3.52. The van der Waals surface area contributed by atoms with E-state index in [1.54, 1.807) is 16.8 Å². The molecule has 2 aliphatic rings. The summed E-state index contributed by atoms with van der Waals surface area (Å²) in [6.07, 6.45) is 2.76. The Morgan fingerprint density at radius 2 is 2.20 bits per heavy atom. The van der Waals surface area contributed by atoms with E-state index in [4.69, 9.17) is 25.8 Å². The summed E-state index contributed by atoms with van der Waals surface area (Å²) in [5.41, 5.74) is 0.509. The molecule has 0 amide bonds. The van der Waals surface area contributed by atoms with Crippen LogP contribution in [0.3, 0.4) is 0 Å². The van der Waals surface area contributed by atoms with Gasteiger partial charge >= 0.3 is 0 Å². The van der Waals surface area contributed by atoms with Crippen molar-refractivity contribution in [3.05, 3.63) is 23.4 Å². The number of aromatic nitrogens is 4. The maximum absolute atomic E-state index is 6.00. The van der Waals surface area contributed by atoms with Gasteiger partial charge in [0.05, 0.1) is 6.61 Å². The van der Waals surface area contributed by atoms with Gasteiger partial charge in [0.2, 0.25) is 0 Å². The van der Waals surface area contributed by atoms with Crippen molar-refractivity contribution in [2.45, 2.75) is 37.9 Å². The lowest BCUT2D eigenvalue weighted by atomic mass is 10.1. The molecule has 2 fully saturated rings. The number of rotatable bonds is 1. The van der Waals surface area contributed by atoms with E-state index >= 15 is 0 Å². The van der Waals surface area contributed by atoms with E-state index in [9.17, 15) is 0 Å². The normalized spacial score (nSPS) is 31.9. The van der Waals surface area contributed by atoms with Crippen molar-refractivity contribution in [1.82, 2.24) is 19.6 Å². The van der Waals surface area contributed by atoms with Crippen LogP contribution in [0.15, 0.2) is 12.4 Å². The van der Waals surface area contributed by atoms with Gasteiger partial charge in [-0.3, -0.25) is 4.40 Å². The van der Waals surface area contributed by atoms with Crippen molar-refractivity contribution < 1.29 is 14.2 Å². The Morgan fingerprint density at radius 3 is 3.05 bits per heavy atom. The largest absolute Gasteiger partial charge is 0.365 e. The number of hydrogen-bond donors (Lipinski definition) is 0.